The molecule has 0 spiro atoms. The van der Waals surface area contributed by atoms with Crippen molar-refractivity contribution in [1.29, 1.82) is 0 Å². The zero-order valence-corrected chi connectivity index (χ0v) is 9.48. The van der Waals surface area contributed by atoms with Crippen LogP contribution in [0.25, 0.3) is 0 Å². The first kappa shape index (κ1) is 17.7. The SMILES string of the molecule is [O]=[Mn](=[O])([O-])[O-].[O]=[Mn](=[O])([O-])[O-].[Re]. The summed E-state index contributed by atoms with van der Waals surface area (Å²) >= 11 is -11.2. The van der Waals surface area contributed by atoms with E-state index in [4.69, 9.17) is 32.1 Å². The first-order valence-electron chi connectivity index (χ1n) is 1.23. The summed E-state index contributed by atoms with van der Waals surface area (Å²) in [6.07, 6.45) is 0. The van der Waals surface area contributed by atoms with Gasteiger partial charge in [0.1, 0.15) is 0 Å². The van der Waals surface area contributed by atoms with E-state index >= 15 is 0 Å². The summed E-state index contributed by atoms with van der Waals surface area (Å²) in [5.41, 5.74) is 0. The maximum absolute atomic E-state index is 8.58. The summed E-state index contributed by atoms with van der Waals surface area (Å²) in [4.78, 5) is 0. The second-order valence-electron chi connectivity index (χ2n) is 0.756. The molecule has 0 heterocycles. The van der Waals surface area contributed by atoms with Gasteiger partial charge in [0.25, 0.3) is 0 Å². The molecular weight excluding hydrogens is 424 g/mol. The Morgan fingerprint density at radius 2 is 0.636 bits per heavy atom. The van der Waals surface area contributed by atoms with E-state index in [9.17, 15) is 0 Å². The third kappa shape index (κ3) is 1490. The van der Waals surface area contributed by atoms with E-state index in [0.717, 1.165) is 0 Å². The van der Waals surface area contributed by atoms with E-state index in [1.165, 1.54) is 0 Å². The maximum Gasteiger partial charge on any atom is 0 e. The molecule has 0 atom stereocenters. The van der Waals surface area contributed by atoms with Crippen LogP contribution in [0.4, 0.5) is 0 Å². The van der Waals surface area contributed by atoms with Crippen molar-refractivity contribution < 1.29 is 79.3 Å². The van der Waals surface area contributed by atoms with E-state index in [1.54, 1.807) is 0 Å². The van der Waals surface area contributed by atoms with Crippen molar-refractivity contribution in [3.05, 3.63) is 0 Å². The summed E-state index contributed by atoms with van der Waals surface area (Å²) in [5.74, 6) is 0. The molecule has 1 radical (unpaired) electrons. The van der Waals surface area contributed by atoms with Gasteiger partial charge >= 0.3 is 58.8 Å². The fourth-order valence-electron chi connectivity index (χ4n) is 0. The minimum absolute atomic E-state index is 0. The predicted molar refractivity (Wildman–Crippen MR) is 2.75 cm³/mol. The smallest absolute Gasteiger partial charge is 0 e. The second-order valence-corrected chi connectivity index (χ2v) is 3.12. The number of hydrogen-bond acceptors (Lipinski definition) is 8. The predicted octanol–water partition coefficient (Wildman–Crippen LogP) is -5.24. The van der Waals surface area contributed by atoms with Crippen LogP contribution in [-0.4, -0.2) is 0 Å². The van der Waals surface area contributed by atoms with E-state index in [-0.39, 0.29) is 20.4 Å². The Hall–Kier alpha value is 0.741. The molecule has 0 aliphatic heterocycles. The van der Waals surface area contributed by atoms with Crippen LogP contribution in [0.1, 0.15) is 0 Å². The molecular formula is Mn2O8Re-4. The van der Waals surface area contributed by atoms with Gasteiger partial charge in [-0.1, -0.05) is 0 Å². The summed E-state index contributed by atoms with van der Waals surface area (Å²) in [7, 11) is 0. The fraction of sp³-hybridized carbons (Fsp3) is 0. The molecule has 0 aliphatic carbocycles. The standard InChI is InChI=1S/2Mn.8O.Re/q;;;;;;4*-1;. The Bertz CT molecular complexity index is 208. The van der Waals surface area contributed by atoms with Crippen LogP contribution in [-0.2, 0) is 62.5 Å². The molecule has 73 valence electrons. The molecule has 0 aromatic heterocycles. The molecule has 0 aliphatic rings. The Balaban J connectivity index is -0.000000107. The van der Waals surface area contributed by atoms with Gasteiger partial charge in [0.15, 0.2) is 0 Å². The van der Waals surface area contributed by atoms with Crippen molar-refractivity contribution in [3.63, 3.8) is 0 Å². The quantitative estimate of drug-likeness (QED) is 0.349. The first-order valence-corrected chi connectivity index (χ1v) is 5.09. The van der Waals surface area contributed by atoms with Crippen molar-refractivity contribution in [2.75, 3.05) is 0 Å². The molecule has 0 N–H and O–H groups in total. The summed E-state index contributed by atoms with van der Waals surface area (Å²) < 4.78 is 68.6. The Morgan fingerprint density at radius 3 is 0.636 bits per heavy atom. The van der Waals surface area contributed by atoms with Crippen molar-refractivity contribution >= 4 is 0 Å². The van der Waals surface area contributed by atoms with Gasteiger partial charge in [0.2, 0.25) is 0 Å². The summed E-state index contributed by atoms with van der Waals surface area (Å²) in [6, 6.07) is 0. The average Bonchev–Trinajstić information content (AvgIpc) is 1.12. The van der Waals surface area contributed by atoms with Crippen LogP contribution in [0, 0.1) is 0 Å². The fourth-order valence-corrected chi connectivity index (χ4v) is 0. The summed E-state index contributed by atoms with van der Waals surface area (Å²) in [6.45, 7) is 0. The molecule has 0 aromatic carbocycles. The van der Waals surface area contributed by atoms with Gasteiger partial charge in [0.05, 0.1) is 0 Å². The molecule has 8 nitrogen and oxygen atoms in total. The van der Waals surface area contributed by atoms with Gasteiger partial charge in [-0.15, -0.1) is 0 Å². The maximum atomic E-state index is 8.58. The monoisotopic (exact) mass is 425 g/mol. The minimum Gasteiger partial charge on any atom is 0 e. The van der Waals surface area contributed by atoms with Gasteiger partial charge in [-0.2, -0.15) is 0 Å². The Morgan fingerprint density at radius 1 is 0.636 bits per heavy atom. The van der Waals surface area contributed by atoms with Gasteiger partial charge in [-0.05, 0) is 0 Å². The van der Waals surface area contributed by atoms with Gasteiger partial charge in [-0.3, -0.25) is 0 Å². The van der Waals surface area contributed by atoms with E-state index < -0.39 is 26.7 Å². The molecule has 0 saturated carbocycles. The normalized spacial score (nSPS) is 10.5. The van der Waals surface area contributed by atoms with Gasteiger partial charge < -0.3 is 0 Å². The van der Waals surface area contributed by atoms with E-state index in [1.807, 2.05) is 0 Å². The molecule has 11 heavy (non-hydrogen) atoms. The molecule has 0 bridgehead atoms. The van der Waals surface area contributed by atoms with Gasteiger partial charge in [-0.25, -0.2) is 0 Å². The molecule has 0 unspecified atom stereocenters. The zero-order valence-electron chi connectivity index (χ0n) is 4.40. The molecule has 0 rings (SSSR count). The van der Waals surface area contributed by atoms with Crippen LogP contribution in [0.2, 0.25) is 0 Å². The summed E-state index contributed by atoms with van der Waals surface area (Å²) in [5, 5.41) is 0. The molecule has 0 fully saturated rings. The largest absolute Gasteiger partial charge is 0 e. The average molecular weight is 424 g/mol. The van der Waals surface area contributed by atoms with E-state index in [0.29, 0.717) is 0 Å². The Labute approximate surface area is 79.1 Å². The van der Waals surface area contributed by atoms with Crippen molar-refractivity contribution in [2.45, 2.75) is 0 Å². The van der Waals surface area contributed by atoms with Crippen LogP contribution in [0.15, 0.2) is 0 Å². The third-order valence-corrected chi connectivity index (χ3v) is 0. The van der Waals surface area contributed by atoms with Crippen LogP contribution >= 0.6 is 0 Å². The number of hydrogen-bond donors (Lipinski definition) is 0. The third-order valence-electron chi connectivity index (χ3n) is 0. The van der Waals surface area contributed by atoms with Crippen molar-refractivity contribution in [2.24, 2.45) is 0 Å². The topological polar surface area (TPSA) is 161 Å². The molecule has 11 heteroatoms. The van der Waals surface area contributed by atoms with Crippen LogP contribution < -0.4 is 16.8 Å². The number of rotatable bonds is 0. The second kappa shape index (κ2) is 6.28. The zero-order chi connectivity index (χ0) is 9.00. The van der Waals surface area contributed by atoms with Crippen LogP contribution in [0.5, 0.6) is 0 Å². The minimum atomic E-state index is -5.62. The van der Waals surface area contributed by atoms with Crippen molar-refractivity contribution in [1.82, 2.24) is 0 Å². The molecule has 0 amide bonds. The molecule has 0 saturated heterocycles. The Kier molecular flexibility index (Phi) is 10.1. The van der Waals surface area contributed by atoms with Crippen LogP contribution in [0.3, 0.4) is 0 Å². The van der Waals surface area contributed by atoms with Crippen molar-refractivity contribution in [3.8, 4) is 0 Å². The first-order chi connectivity index (χ1) is 4.00. The van der Waals surface area contributed by atoms with Gasteiger partial charge in [0, 0.05) is 20.4 Å². The van der Waals surface area contributed by atoms with E-state index in [2.05, 4.69) is 0 Å². The molecule has 0 aromatic rings.